The fourth-order valence-electron chi connectivity index (χ4n) is 3.02. The van der Waals surface area contributed by atoms with Crippen molar-refractivity contribution < 1.29 is 4.74 Å². The van der Waals surface area contributed by atoms with Crippen LogP contribution in [0.25, 0.3) is 3.58 Å². The van der Waals surface area contributed by atoms with Gasteiger partial charge in [-0.05, 0) is 35.1 Å². The number of pyridine rings is 1. The van der Waals surface area contributed by atoms with Gasteiger partial charge in [-0.3, -0.25) is 4.98 Å². The number of anilines is 1. The first-order valence-corrected chi connectivity index (χ1v) is 7.12. The lowest BCUT2D eigenvalue weighted by Crippen LogP contribution is -2.37. The van der Waals surface area contributed by atoms with E-state index in [0.29, 0.717) is 12.1 Å². The number of aromatic nitrogens is 1. The van der Waals surface area contributed by atoms with Gasteiger partial charge in [0.05, 0.1) is 36.3 Å². The molecule has 88 valence electrons. The maximum Gasteiger partial charge on any atom is 0.0771 e. The van der Waals surface area contributed by atoms with Crippen molar-refractivity contribution in [3.63, 3.8) is 0 Å². The maximum absolute atomic E-state index is 5.64. The summed E-state index contributed by atoms with van der Waals surface area (Å²) in [6.45, 7) is 1.92. The fraction of sp³-hybridized carbons (Fsp3) is 0.462. The molecule has 2 aliphatic heterocycles. The third kappa shape index (κ3) is 1.53. The minimum absolute atomic E-state index is 0.447. The Kier molecular flexibility index (Phi) is 2.24. The number of halogens is 1. The molecule has 2 atom stereocenters. The van der Waals surface area contributed by atoms with Gasteiger partial charge < -0.3 is 9.64 Å². The van der Waals surface area contributed by atoms with E-state index in [1.807, 2.05) is 6.20 Å². The van der Waals surface area contributed by atoms with Crippen LogP contribution in [-0.2, 0) is 11.2 Å². The summed E-state index contributed by atoms with van der Waals surface area (Å²) in [6, 6.07) is 2.87. The van der Waals surface area contributed by atoms with Gasteiger partial charge >= 0.3 is 0 Å². The molecule has 4 heteroatoms. The number of rotatable bonds is 1. The summed E-state index contributed by atoms with van der Waals surface area (Å²) in [4.78, 5) is 7.06. The number of morpholine rings is 1. The summed E-state index contributed by atoms with van der Waals surface area (Å²) in [5.74, 6) is 0. The van der Waals surface area contributed by atoms with Crippen molar-refractivity contribution in [2.45, 2.75) is 25.0 Å². The topological polar surface area (TPSA) is 25.4 Å². The van der Waals surface area contributed by atoms with Crippen LogP contribution >= 0.6 is 22.6 Å². The van der Waals surface area contributed by atoms with Crippen molar-refractivity contribution in [3.8, 4) is 0 Å². The number of fused-ring (bicyclic) bond motifs is 3. The van der Waals surface area contributed by atoms with Gasteiger partial charge in [0.25, 0.3) is 0 Å². The molecule has 0 aromatic carbocycles. The van der Waals surface area contributed by atoms with Crippen LogP contribution in [0.1, 0.15) is 17.7 Å². The molecular formula is C13H13IN2O. The number of hydrogen-bond acceptors (Lipinski definition) is 3. The highest BCUT2D eigenvalue weighted by atomic mass is 127. The molecule has 3 heterocycles. The van der Waals surface area contributed by atoms with Crippen molar-refractivity contribution in [2.24, 2.45) is 0 Å². The van der Waals surface area contributed by atoms with Gasteiger partial charge in [0.2, 0.25) is 0 Å². The summed E-state index contributed by atoms with van der Waals surface area (Å²) >= 11 is 2.40. The minimum Gasteiger partial charge on any atom is -0.374 e. The lowest BCUT2D eigenvalue weighted by atomic mass is 10.2. The Morgan fingerprint density at radius 1 is 1.47 bits per heavy atom. The molecule has 2 saturated heterocycles. The van der Waals surface area contributed by atoms with Gasteiger partial charge in [-0.1, -0.05) is 6.08 Å². The van der Waals surface area contributed by atoms with Gasteiger partial charge in [-0.25, -0.2) is 0 Å². The molecule has 0 spiro atoms. The quantitative estimate of drug-likeness (QED) is 0.734. The second-order valence-corrected chi connectivity index (χ2v) is 6.10. The van der Waals surface area contributed by atoms with Crippen LogP contribution in [0.4, 0.5) is 5.69 Å². The third-order valence-electron chi connectivity index (χ3n) is 3.92. The Morgan fingerprint density at radius 2 is 2.41 bits per heavy atom. The molecule has 3 aliphatic rings. The SMILES string of the molecule is IC1=CCc2ncc(N3CC4CC3CO4)cc21. The van der Waals surface area contributed by atoms with Crippen molar-refractivity contribution >= 4 is 31.9 Å². The Morgan fingerprint density at radius 3 is 3.18 bits per heavy atom. The molecule has 4 rings (SSSR count). The van der Waals surface area contributed by atoms with Gasteiger partial charge in [0.15, 0.2) is 0 Å². The molecule has 0 saturated carbocycles. The van der Waals surface area contributed by atoms with Crippen LogP contribution in [-0.4, -0.2) is 30.3 Å². The second kappa shape index (κ2) is 3.68. The number of allylic oxidation sites excluding steroid dienone is 1. The summed E-state index contributed by atoms with van der Waals surface area (Å²) in [5.41, 5.74) is 3.81. The molecule has 0 radical (unpaired) electrons. The Bertz CT molecular complexity index is 514. The molecule has 17 heavy (non-hydrogen) atoms. The zero-order valence-electron chi connectivity index (χ0n) is 9.40. The van der Waals surface area contributed by atoms with Crippen molar-refractivity contribution in [2.75, 3.05) is 18.1 Å². The number of hydrogen-bond donors (Lipinski definition) is 0. The van der Waals surface area contributed by atoms with Crippen LogP contribution in [0.3, 0.4) is 0 Å². The summed E-state index contributed by atoms with van der Waals surface area (Å²) in [5, 5.41) is 0. The van der Waals surface area contributed by atoms with Crippen LogP contribution in [0.2, 0.25) is 0 Å². The van der Waals surface area contributed by atoms with Gasteiger partial charge in [0, 0.05) is 22.1 Å². The van der Waals surface area contributed by atoms with E-state index in [1.54, 1.807) is 0 Å². The second-order valence-electron chi connectivity index (χ2n) is 4.94. The van der Waals surface area contributed by atoms with Crippen molar-refractivity contribution in [3.05, 3.63) is 29.6 Å². The van der Waals surface area contributed by atoms with E-state index in [1.165, 1.54) is 26.9 Å². The van der Waals surface area contributed by atoms with E-state index in [-0.39, 0.29) is 0 Å². The normalized spacial score (nSPS) is 29.7. The molecule has 1 aromatic heterocycles. The summed E-state index contributed by atoms with van der Waals surface area (Å²) in [6.07, 6.45) is 6.90. The highest BCUT2D eigenvalue weighted by Crippen LogP contribution is 2.37. The molecule has 2 unspecified atom stereocenters. The highest BCUT2D eigenvalue weighted by Gasteiger charge is 2.39. The molecular weight excluding hydrogens is 327 g/mol. The maximum atomic E-state index is 5.64. The van der Waals surface area contributed by atoms with Crippen LogP contribution in [0, 0.1) is 0 Å². The number of ether oxygens (including phenoxy) is 1. The van der Waals surface area contributed by atoms with Crippen LogP contribution in [0.15, 0.2) is 18.3 Å². The van der Waals surface area contributed by atoms with E-state index in [4.69, 9.17) is 4.74 Å². The van der Waals surface area contributed by atoms with E-state index in [9.17, 15) is 0 Å². The lowest BCUT2D eigenvalue weighted by molar-refractivity contribution is 0.0991. The zero-order chi connectivity index (χ0) is 11.4. The standard InChI is InChI=1S/C13H13IN2O/c14-12-1-2-13-11(12)4-8(5-15-13)16-6-10-3-9(16)7-17-10/h1,4-5,9-10H,2-3,6-7H2. The average molecular weight is 340 g/mol. The third-order valence-corrected chi connectivity index (χ3v) is 4.94. The monoisotopic (exact) mass is 340 g/mol. The predicted octanol–water partition coefficient (Wildman–Crippen LogP) is 2.39. The molecule has 1 aromatic rings. The molecule has 2 bridgehead atoms. The number of nitrogens with zero attached hydrogens (tertiary/aromatic N) is 2. The Balaban J connectivity index is 1.71. The Labute approximate surface area is 114 Å². The average Bonchev–Trinajstić information content (AvgIpc) is 3.04. The minimum atomic E-state index is 0.447. The van der Waals surface area contributed by atoms with Gasteiger partial charge in [-0.15, -0.1) is 0 Å². The van der Waals surface area contributed by atoms with Gasteiger partial charge in [-0.2, -0.15) is 0 Å². The molecule has 3 nitrogen and oxygen atoms in total. The molecule has 1 aliphatic carbocycles. The first kappa shape index (κ1) is 10.3. The first-order chi connectivity index (χ1) is 8.31. The van der Waals surface area contributed by atoms with Crippen LogP contribution < -0.4 is 4.90 Å². The zero-order valence-corrected chi connectivity index (χ0v) is 11.6. The van der Waals surface area contributed by atoms with Gasteiger partial charge in [0.1, 0.15) is 0 Å². The lowest BCUT2D eigenvalue weighted by Gasteiger charge is -2.29. The Hall–Kier alpha value is -0.620. The van der Waals surface area contributed by atoms with Crippen molar-refractivity contribution in [1.82, 2.24) is 4.98 Å². The van der Waals surface area contributed by atoms with E-state index in [0.717, 1.165) is 19.6 Å². The fourth-order valence-corrected chi connectivity index (χ4v) is 3.71. The molecule has 0 amide bonds. The molecule has 2 fully saturated rings. The largest absolute Gasteiger partial charge is 0.374 e. The van der Waals surface area contributed by atoms with E-state index >= 15 is 0 Å². The van der Waals surface area contributed by atoms with Crippen LogP contribution in [0.5, 0.6) is 0 Å². The summed E-state index contributed by atoms with van der Waals surface area (Å²) < 4.78 is 6.98. The van der Waals surface area contributed by atoms with E-state index in [2.05, 4.69) is 44.6 Å². The van der Waals surface area contributed by atoms with Crippen molar-refractivity contribution in [1.29, 1.82) is 0 Å². The highest BCUT2D eigenvalue weighted by molar-refractivity contribution is 14.1. The smallest absolute Gasteiger partial charge is 0.0771 e. The predicted molar refractivity (Wildman–Crippen MR) is 75.4 cm³/mol. The molecule has 0 N–H and O–H groups in total. The summed E-state index contributed by atoms with van der Waals surface area (Å²) in [7, 11) is 0. The van der Waals surface area contributed by atoms with E-state index < -0.39 is 0 Å². The first-order valence-electron chi connectivity index (χ1n) is 6.04.